The third kappa shape index (κ3) is 1.60. The normalized spacial score (nSPS) is 34.3. The first-order valence-electron chi connectivity index (χ1n) is 6.96. The van der Waals surface area contributed by atoms with Gasteiger partial charge in [-0.3, -0.25) is 4.79 Å². The molecule has 0 aromatic carbocycles. The van der Waals surface area contributed by atoms with Gasteiger partial charge in [-0.25, -0.2) is 4.79 Å². The Labute approximate surface area is 121 Å². The molecule has 1 atom stereocenters. The molecule has 2 bridgehead atoms. The van der Waals surface area contributed by atoms with E-state index in [-0.39, 0.29) is 23.9 Å². The van der Waals surface area contributed by atoms with Gasteiger partial charge in [-0.1, -0.05) is 6.58 Å². The number of nitrogens with zero attached hydrogens (tertiary/aromatic N) is 3. The van der Waals surface area contributed by atoms with Gasteiger partial charge in [0, 0.05) is 24.4 Å². The fourth-order valence-corrected chi connectivity index (χ4v) is 3.47. The van der Waals surface area contributed by atoms with Crippen molar-refractivity contribution in [3.63, 3.8) is 0 Å². The van der Waals surface area contributed by atoms with Gasteiger partial charge in [0.2, 0.25) is 5.91 Å². The first-order valence-corrected chi connectivity index (χ1v) is 6.96. The second-order valence-electron chi connectivity index (χ2n) is 5.88. The fourth-order valence-electron chi connectivity index (χ4n) is 3.47. The minimum Gasteiger partial charge on any atom is -0.328 e. The maximum Gasteiger partial charge on any atom is 0.318 e. The summed E-state index contributed by atoms with van der Waals surface area (Å²) in [5.41, 5.74) is 0.764. The number of fused-ring (bicyclic) bond motifs is 2. The first kappa shape index (κ1) is 12.3. The van der Waals surface area contributed by atoms with E-state index < -0.39 is 5.54 Å². The number of rotatable bonds is 2. The number of hydrogen-bond acceptors (Lipinski definition) is 4. The number of carbonyl (C=O) groups is 2. The molecule has 7 heteroatoms. The second-order valence-corrected chi connectivity index (χ2v) is 5.88. The summed E-state index contributed by atoms with van der Waals surface area (Å²) in [4.78, 5) is 26.2. The van der Waals surface area contributed by atoms with Gasteiger partial charge in [0.25, 0.3) is 0 Å². The molecule has 1 aromatic heterocycles. The van der Waals surface area contributed by atoms with Crippen LogP contribution in [0.2, 0.25) is 0 Å². The zero-order valence-electron chi connectivity index (χ0n) is 11.4. The van der Waals surface area contributed by atoms with E-state index in [4.69, 9.17) is 0 Å². The van der Waals surface area contributed by atoms with Crippen molar-refractivity contribution in [2.45, 2.75) is 24.4 Å². The summed E-state index contributed by atoms with van der Waals surface area (Å²) < 4.78 is 0. The van der Waals surface area contributed by atoms with Gasteiger partial charge in [-0.05, 0) is 25.0 Å². The number of nitrogens with one attached hydrogen (secondary N) is 2. The standard InChI is InChI=1S/C14H15N5O2/c1-8-9-5-14(6-9,12(20)16-8)19-7-11(17-13(19)21)10-3-2-4-15-18-10/h2-4,9,11H,1,5-7H2,(H,16,20)(H,17,21). The third-order valence-corrected chi connectivity index (χ3v) is 4.73. The predicted octanol–water partition coefficient (Wildman–Crippen LogP) is 0.335. The summed E-state index contributed by atoms with van der Waals surface area (Å²) in [5, 5.41) is 13.5. The van der Waals surface area contributed by atoms with Crippen molar-refractivity contribution in [3.8, 4) is 0 Å². The average Bonchev–Trinajstić information content (AvgIpc) is 2.81. The Morgan fingerprint density at radius 1 is 1.38 bits per heavy atom. The van der Waals surface area contributed by atoms with Gasteiger partial charge in [-0.15, -0.1) is 0 Å². The van der Waals surface area contributed by atoms with Crippen molar-refractivity contribution < 1.29 is 9.59 Å². The Morgan fingerprint density at radius 3 is 2.86 bits per heavy atom. The lowest BCUT2D eigenvalue weighted by atomic mass is 9.62. The van der Waals surface area contributed by atoms with Crippen molar-refractivity contribution >= 4 is 11.9 Å². The van der Waals surface area contributed by atoms with Crippen molar-refractivity contribution in [1.29, 1.82) is 0 Å². The van der Waals surface area contributed by atoms with Gasteiger partial charge < -0.3 is 15.5 Å². The lowest BCUT2D eigenvalue weighted by molar-refractivity contribution is -0.143. The van der Waals surface area contributed by atoms with Crippen LogP contribution in [0, 0.1) is 5.92 Å². The minimum absolute atomic E-state index is 0.120. The molecule has 7 nitrogen and oxygen atoms in total. The van der Waals surface area contributed by atoms with Crippen molar-refractivity contribution in [3.05, 3.63) is 36.3 Å². The van der Waals surface area contributed by atoms with Crippen LogP contribution < -0.4 is 10.6 Å². The lowest BCUT2D eigenvalue weighted by Crippen LogP contribution is -2.70. The van der Waals surface area contributed by atoms with Crippen LogP contribution in [-0.4, -0.2) is 39.1 Å². The average molecular weight is 285 g/mol. The van der Waals surface area contributed by atoms with E-state index in [0.717, 1.165) is 5.70 Å². The molecule has 3 amide bonds. The summed E-state index contributed by atoms with van der Waals surface area (Å²) in [6.07, 6.45) is 2.92. The van der Waals surface area contributed by atoms with Gasteiger partial charge in [-0.2, -0.15) is 10.2 Å². The Balaban J connectivity index is 1.59. The molecule has 0 spiro atoms. The Morgan fingerprint density at radius 2 is 2.19 bits per heavy atom. The third-order valence-electron chi connectivity index (χ3n) is 4.73. The van der Waals surface area contributed by atoms with Crippen LogP contribution in [0.25, 0.3) is 0 Å². The molecule has 108 valence electrons. The molecular weight excluding hydrogens is 270 g/mol. The van der Waals surface area contributed by atoms with E-state index in [1.165, 1.54) is 0 Å². The van der Waals surface area contributed by atoms with E-state index in [9.17, 15) is 9.59 Å². The quantitative estimate of drug-likeness (QED) is 0.820. The minimum atomic E-state index is -0.715. The van der Waals surface area contributed by atoms with Crippen LogP contribution in [0.3, 0.4) is 0 Å². The van der Waals surface area contributed by atoms with Crippen LogP contribution in [-0.2, 0) is 4.79 Å². The summed E-state index contributed by atoms with van der Waals surface area (Å²) in [6, 6.07) is 3.17. The molecule has 1 saturated carbocycles. The number of amides is 3. The molecule has 21 heavy (non-hydrogen) atoms. The van der Waals surface area contributed by atoms with Gasteiger partial charge in [0.15, 0.2) is 0 Å². The van der Waals surface area contributed by atoms with Gasteiger partial charge >= 0.3 is 6.03 Å². The topological polar surface area (TPSA) is 87.2 Å². The maximum atomic E-state index is 12.3. The van der Waals surface area contributed by atoms with Crippen LogP contribution in [0.1, 0.15) is 24.6 Å². The molecule has 1 unspecified atom stereocenters. The zero-order chi connectivity index (χ0) is 14.6. The first-order chi connectivity index (χ1) is 10.1. The highest BCUT2D eigenvalue weighted by Gasteiger charge is 2.61. The number of hydrogen-bond donors (Lipinski definition) is 2. The molecule has 5 rings (SSSR count). The molecular formula is C14H15N5O2. The van der Waals surface area contributed by atoms with E-state index >= 15 is 0 Å². The van der Waals surface area contributed by atoms with Crippen molar-refractivity contribution in [2.24, 2.45) is 5.92 Å². The molecule has 1 aliphatic carbocycles. The molecule has 3 saturated heterocycles. The Bertz CT molecular complexity index is 638. The molecule has 0 radical (unpaired) electrons. The summed E-state index contributed by atoms with van der Waals surface area (Å²) in [5.74, 6) is 0.163. The molecule has 1 aromatic rings. The zero-order valence-corrected chi connectivity index (χ0v) is 11.4. The van der Waals surface area contributed by atoms with Crippen LogP contribution in [0.15, 0.2) is 30.6 Å². The number of aromatic nitrogens is 2. The molecule has 3 aliphatic heterocycles. The number of piperidine rings is 2. The predicted molar refractivity (Wildman–Crippen MR) is 72.7 cm³/mol. The smallest absolute Gasteiger partial charge is 0.318 e. The summed E-state index contributed by atoms with van der Waals surface area (Å²) in [6.45, 7) is 4.29. The van der Waals surface area contributed by atoms with Crippen LogP contribution in [0.4, 0.5) is 4.79 Å². The highest BCUT2D eigenvalue weighted by Crippen LogP contribution is 2.50. The van der Waals surface area contributed by atoms with Crippen molar-refractivity contribution in [1.82, 2.24) is 25.7 Å². The van der Waals surface area contributed by atoms with Gasteiger partial charge in [0.1, 0.15) is 5.54 Å². The molecule has 4 aliphatic rings. The Kier molecular flexibility index (Phi) is 2.36. The SMILES string of the molecule is C=C1NC(=O)C2(N3CC(c4cccnn4)NC3=O)CC1C2. The summed E-state index contributed by atoms with van der Waals surface area (Å²) in [7, 11) is 0. The number of carbonyl (C=O) groups excluding carboxylic acids is 2. The molecule has 2 N–H and O–H groups in total. The second kappa shape index (κ2) is 4.03. The highest BCUT2D eigenvalue weighted by atomic mass is 16.2. The molecule has 4 fully saturated rings. The van der Waals surface area contributed by atoms with E-state index in [0.29, 0.717) is 25.1 Å². The van der Waals surface area contributed by atoms with Crippen molar-refractivity contribution in [2.75, 3.05) is 6.54 Å². The Hall–Kier alpha value is -2.44. The van der Waals surface area contributed by atoms with E-state index in [2.05, 4.69) is 27.4 Å². The number of urea groups is 1. The monoisotopic (exact) mass is 285 g/mol. The summed E-state index contributed by atoms with van der Waals surface area (Å²) >= 11 is 0. The van der Waals surface area contributed by atoms with E-state index in [1.807, 2.05) is 6.07 Å². The molecule has 4 heterocycles. The van der Waals surface area contributed by atoms with E-state index in [1.54, 1.807) is 17.2 Å². The largest absolute Gasteiger partial charge is 0.328 e. The van der Waals surface area contributed by atoms with Crippen LogP contribution >= 0.6 is 0 Å². The lowest BCUT2D eigenvalue weighted by Gasteiger charge is -2.55. The van der Waals surface area contributed by atoms with Gasteiger partial charge in [0.05, 0.1) is 11.7 Å². The fraction of sp³-hybridized carbons (Fsp3) is 0.429. The number of allylic oxidation sites excluding steroid dienone is 1. The van der Waals surface area contributed by atoms with Crippen LogP contribution in [0.5, 0.6) is 0 Å². The maximum absolute atomic E-state index is 12.3. The highest BCUT2D eigenvalue weighted by molar-refractivity contribution is 5.95.